The first-order valence-electron chi connectivity index (χ1n) is 13.4. The smallest absolute Gasteiger partial charge is 0.0606 e. The van der Waals surface area contributed by atoms with E-state index in [1.54, 1.807) is 12.8 Å². The highest BCUT2D eigenvalue weighted by Gasteiger charge is 2.59. The van der Waals surface area contributed by atoms with Crippen molar-refractivity contribution in [2.75, 3.05) is 0 Å². The van der Waals surface area contributed by atoms with Crippen molar-refractivity contribution in [3.05, 3.63) is 21.1 Å². The first-order valence-corrected chi connectivity index (χ1v) is 15.0. The Morgan fingerprint density at radius 1 is 0.871 bits per heavy atom. The molecule has 31 heavy (non-hydrogen) atoms. The lowest BCUT2D eigenvalue weighted by Gasteiger charge is -2.61. The van der Waals surface area contributed by atoms with Crippen LogP contribution in [0.2, 0.25) is 0 Å². The fraction of sp³-hybridized carbons (Fsp3) is 0.862. The molecule has 0 spiro atoms. The van der Waals surface area contributed by atoms with E-state index in [4.69, 9.17) is 0 Å². The van der Waals surface area contributed by atoms with Crippen molar-refractivity contribution < 1.29 is 0 Å². The Balaban J connectivity index is 1.49. The first-order chi connectivity index (χ1) is 14.7. The molecule has 0 bridgehead atoms. The van der Waals surface area contributed by atoms with E-state index >= 15 is 0 Å². The fourth-order valence-corrected chi connectivity index (χ4v) is 9.87. The molecular weight excluding hydrogens is 508 g/mol. The summed E-state index contributed by atoms with van der Waals surface area (Å²) in [7, 11) is 0. The highest BCUT2D eigenvalue weighted by Crippen LogP contribution is 2.68. The van der Waals surface area contributed by atoms with Gasteiger partial charge in [0.05, 0.1) is 3.39 Å². The minimum Gasteiger partial charge on any atom is -0.0807 e. The lowest BCUT2D eigenvalue weighted by Crippen LogP contribution is -2.53. The van der Waals surface area contributed by atoms with Crippen LogP contribution in [0.5, 0.6) is 0 Å². The van der Waals surface area contributed by atoms with E-state index < -0.39 is 0 Å². The van der Waals surface area contributed by atoms with E-state index in [1.165, 1.54) is 63.4 Å². The average molecular weight is 554 g/mol. The summed E-state index contributed by atoms with van der Waals surface area (Å²) in [5, 5.41) is 0. The van der Waals surface area contributed by atoms with Gasteiger partial charge in [-0.1, -0.05) is 53.5 Å². The summed E-state index contributed by atoms with van der Waals surface area (Å²) in [5.41, 5.74) is 2.73. The minimum absolute atomic E-state index is 0.575. The molecule has 0 aromatic rings. The van der Waals surface area contributed by atoms with Crippen molar-refractivity contribution in [3.8, 4) is 0 Å². The van der Waals surface area contributed by atoms with Crippen LogP contribution in [0.4, 0.5) is 0 Å². The van der Waals surface area contributed by atoms with Crippen LogP contribution in [0.15, 0.2) is 21.1 Å². The summed E-state index contributed by atoms with van der Waals surface area (Å²) in [6.45, 7) is 12.6. The van der Waals surface area contributed by atoms with Crippen molar-refractivity contribution >= 4 is 31.9 Å². The zero-order valence-electron chi connectivity index (χ0n) is 20.7. The third-order valence-electron chi connectivity index (χ3n) is 11.0. The number of halogens is 2. The maximum Gasteiger partial charge on any atom is 0.0606 e. The maximum atomic E-state index is 3.57. The van der Waals surface area contributed by atoms with Gasteiger partial charge in [-0.2, -0.15) is 0 Å². The van der Waals surface area contributed by atoms with Gasteiger partial charge in [-0.25, -0.2) is 0 Å². The van der Waals surface area contributed by atoms with Crippen LogP contribution in [0, 0.1) is 52.3 Å². The van der Waals surface area contributed by atoms with E-state index in [-0.39, 0.29) is 0 Å². The Kier molecular flexibility index (Phi) is 7.60. The third kappa shape index (κ3) is 4.56. The number of hydrogen-bond acceptors (Lipinski definition) is 0. The molecule has 0 radical (unpaired) electrons. The van der Waals surface area contributed by atoms with Crippen molar-refractivity contribution in [2.24, 2.45) is 52.3 Å². The predicted molar refractivity (Wildman–Crippen MR) is 142 cm³/mol. The largest absolute Gasteiger partial charge is 0.0807 e. The van der Waals surface area contributed by atoms with E-state index in [9.17, 15) is 0 Å². The van der Waals surface area contributed by atoms with Crippen molar-refractivity contribution in [1.82, 2.24) is 0 Å². The fourth-order valence-electron chi connectivity index (χ4n) is 9.34. The Morgan fingerprint density at radius 2 is 1.61 bits per heavy atom. The quantitative estimate of drug-likeness (QED) is 0.297. The molecular formula is C29H46Br2. The lowest BCUT2D eigenvalue weighted by atomic mass is 9.44. The molecule has 2 heteroatoms. The Bertz CT molecular complexity index is 702. The first kappa shape index (κ1) is 24.6. The van der Waals surface area contributed by atoms with Crippen molar-refractivity contribution in [1.29, 1.82) is 0 Å². The van der Waals surface area contributed by atoms with Gasteiger partial charge in [0, 0.05) is 0 Å². The van der Waals surface area contributed by atoms with Crippen LogP contribution in [-0.4, -0.2) is 0 Å². The normalized spacial score (nSPS) is 43.7. The highest BCUT2D eigenvalue weighted by atomic mass is 79.9. The maximum absolute atomic E-state index is 3.57. The second-order valence-corrected chi connectivity index (χ2v) is 15.4. The van der Waals surface area contributed by atoms with E-state index in [2.05, 4.69) is 78.6 Å². The Hall–Kier alpha value is 0.440. The molecule has 0 saturated heterocycles. The molecule has 0 aromatic carbocycles. The van der Waals surface area contributed by atoms with Gasteiger partial charge in [0.1, 0.15) is 0 Å². The number of hydrogen-bond donors (Lipinski definition) is 0. The molecule has 0 heterocycles. The zero-order valence-corrected chi connectivity index (χ0v) is 23.9. The third-order valence-corrected chi connectivity index (χ3v) is 11.5. The van der Waals surface area contributed by atoms with Crippen LogP contribution in [0.1, 0.15) is 105 Å². The van der Waals surface area contributed by atoms with Gasteiger partial charge in [0.25, 0.3) is 0 Å². The van der Waals surface area contributed by atoms with E-state index in [0.29, 0.717) is 16.7 Å². The molecule has 0 amide bonds. The summed E-state index contributed by atoms with van der Waals surface area (Å²) in [5.74, 6) is 6.40. The van der Waals surface area contributed by atoms with Crippen LogP contribution in [0.3, 0.4) is 0 Å². The standard InChI is InChI=1S/C29H46Br2/c1-19(2)21(18-27(30)31)10-9-20(3)24-13-14-25-23-12-11-22-8-6-7-16-28(22,4)26(23)15-17-29(24,25)5/h10,18-20,22-26H,6-9,11-17H2,1-5H3/t20-,22?,23+,24-,25+,26+,28+,29-/m1/s1. The second-order valence-electron chi connectivity index (χ2n) is 12.6. The number of fused-ring (bicyclic) bond motifs is 5. The average Bonchev–Trinajstić information content (AvgIpc) is 3.07. The van der Waals surface area contributed by atoms with Crippen LogP contribution < -0.4 is 0 Å². The summed E-state index contributed by atoms with van der Waals surface area (Å²) in [6, 6.07) is 0. The molecule has 4 saturated carbocycles. The van der Waals surface area contributed by atoms with Gasteiger partial charge >= 0.3 is 0 Å². The molecule has 4 rings (SSSR count). The molecule has 0 aliphatic heterocycles. The van der Waals surface area contributed by atoms with Crippen molar-refractivity contribution in [2.45, 2.75) is 105 Å². The molecule has 176 valence electrons. The molecule has 1 unspecified atom stereocenters. The van der Waals surface area contributed by atoms with Gasteiger partial charge in [0.15, 0.2) is 0 Å². The van der Waals surface area contributed by atoms with E-state index in [0.717, 1.165) is 38.9 Å². The second kappa shape index (κ2) is 9.59. The minimum atomic E-state index is 0.575. The topological polar surface area (TPSA) is 0 Å². The molecule has 4 fully saturated rings. The molecule has 4 aliphatic carbocycles. The molecule has 0 aromatic heterocycles. The Labute approximate surface area is 209 Å². The van der Waals surface area contributed by atoms with E-state index in [1.807, 2.05) is 0 Å². The summed E-state index contributed by atoms with van der Waals surface area (Å²) in [4.78, 5) is 0. The van der Waals surface area contributed by atoms with Crippen molar-refractivity contribution in [3.63, 3.8) is 0 Å². The molecule has 0 N–H and O–H groups in total. The van der Waals surface area contributed by atoms with Crippen LogP contribution in [-0.2, 0) is 0 Å². The van der Waals surface area contributed by atoms with Gasteiger partial charge in [-0.05, 0) is 154 Å². The summed E-state index contributed by atoms with van der Waals surface area (Å²) >= 11 is 7.14. The highest BCUT2D eigenvalue weighted by molar-refractivity contribution is 9.28. The number of allylic oxidation sites excluding steroid dienone is 3. The lowest BCUT2D eigenvalue weighted by molar-refractivity contribution is -0.114. The zero-order chi connectivity index (χ0) is 22.4. The summed E-state index contributed by atoms with van der Waals surface area (Å²) in [6.07, 6.45) is 21.2. The van der Waals surface area contributed by atoms with Gasteiger partial charge in [-0.15, -0.1) is 0 Å². The SMILES string of the molecule is CC(C)C(C=C(Br)Br)=CC[C@@H](C)[C@H]1CC[C@H]2[C@@H]3CCC4CCCC[C@]4(C)[C@H]3CC[C@]12C. The molecule has 0 nitrogen and oxygen atoms in total. The predicted octanol–water partition coefficient (Wildman–Crippen LogP) is 10.3. The van der Waals surface area contributed by atoms with Gasteiger partial charge < -0.3 is 0 Å². The Morgan fingerprint density at radius 3 is 2.32 bits per heavy atom. The van der Waals surface area contributed by atoms with Crippen LogP contribution in [0.25, 0.3) is 0 Å². The van der Waals surface area contributed by atoms with Gasteiger partial charge in [0.2, 0.25) is 0 Å². The van der Waals surface area contributed by atoms with Gasteiger partial charge in [-0.3, -0.25) is 0 Å². The monoisotopic (exact) mass is 552 g/mol. The molecule has 8 atom stereocenters. The number of rotatable bonds is 5. The van der Waals surface area contributed by atoms with Crippen LogP contribution >= 0.6 is 31.9 Å². The summed E-state index contributed by atoms with van der Waals surface area (Å²) < 4.78 is 1.06. The molecule has 4 aliphatic rings.